The zero-order valence-corrected chi connectivity index (χ0v) is 11.4. The van der Waals surface area contributed by atoms with Gasteiger partial charge in [0.25, 0.3) is 0 Å². The number of aliphatic hydroxyl groups is 1. The monoisotopic (exact) mass is 274 g/mol. The third-order valence-corrected chi connectivity index (χ3v) is 3.43. The molecule has 7 nitrogen and oxygen atoms in total. The van der Waals surface area contributed by atoms with Crippen molar-refractivity contribution >= 4 is 12.0 Å². The zero-order valence-electron chi connectivity index (χ0n) is 11.4. The first-order valence-electron chi connectivity index (χ1n) is 6.30. The highest BCUT2D eigenvalue weighted by Gasteiger charge is 2.31. The van der Waals surface area contributed by atoms with E-state index in [0.717, 1.165) is 19.8 Å². The van der Waals surface area contributed by atoms with Gasteiger partial charge in [-0.25, -0.2) is 9.59 Å². The van der Waals surface area contributed by atoms with E-state index >= 15 is 0 Å². The lowest BCUT2D eigenvalue weighted by atomic mass is 9.82. The molecule has 2 amide bonds. The molecular formula is C12H22N2O5. The fraction of sp³-hybridized carbons (Fsp3) is 0.833. The highest BCUT2D eigenvalue weighted by atomic mass is 16.5. The average molecular weight is 274 g/mol. The van der Waals surface area contributed by atoms with Gasteiger partial charge in [-0.2, -0.15) is 0 Å². The molecule has 110 valence electrons. The molecule has 1 unspecified atom stereocenters. The fourth-order valence-corrected chi connectivity index (χ4v) is 1.73. The first-order valence-corrected chi connectivity index (χ1v) is 6.30. The summed E-state index contributed by atoms with van der Waals surface area (Å²) in [6.07, 6.45) is 1.75. The predicted molar refractivity (Wildman–Crippen MR) is 67.8 cm³/mol. The molecule has 0 aromatic rings. The highest BCUT2D eigenvalue weighted by molar-refractivity contribution is 5.79. The lowest BCUT2D eigenvalue weighted by molar-refractivity contribution is -0.155. The van der Waals surface area contributed by atoms with Crippen LogP contribution in [0.25, 0.3) is 0 Å². The Morgan fingerprint density at radius 2 is 1.89 bits per heavy atom. The molecule has 7 heteroatoms. The van der Waals surface area contributed by atoms with E-state index in [1.54, 1.807) is 0 Å². The second kappa shape index (κ2) is 6.21. The van der Waals surface area contributed by atoms with Crippen molar-refractivity contribution in [2.45, 2.75) is 32.3 Å². The number of urea groups is 1. The number of nitrogens with one attached hydrogen (secondary N) is 2. The summed E-state index contributed by atoms with van der Waals surface area (Å²) < 4.78 is 5.26. The summed E-state index contributed by atoms with van der Waals surface area (Å²) in [5.41, 5.74) is -1.95. The maximum absolute atomic E-state index is 11.5. The molecule has 1 aliphatic rings. The van der Waals surface area contributed by atoms with E-state index in [1.165, 1.54) is 0 Å². The van der Waals surface area contributed by atoms with Crippen LogP contribution in [-0.2, 0) is 9.53 Å². The van der Waals surface area contributed by atoms with Crippen LogP contribution >= 0.6 is 0 Å². The molecule has 0 saturated carbocycles. The van der Waals surface area contributed by atoms with Gasteiger partial charge < -0.3 is 25.6 Å². The quantitative estimate of drug-likeness (QED) is 0.561. The first kappa shape index (κ1) is 15.7. The molecule has 1 rings (SSSR count). The van der Waals surface area contributed by atoms with Crippen molar-refractivity contribution in [3.63, 3.8) is 0 Å². The van der Waals surface area contributed by atoms with Crippen molar-refractivity contribution in [2.24, 2.45) is 5.41 Å². The molecule has 0 aliphatic carbocycles. The highest BCUT2D eigenvalue weighted by Crippen LogP contribution is 2.28. The van der Waals surface area contributed by atoms with Crippen molar-refractivity contribution in [1.29, 1.82) is 0 Å². The molecule has 0 aromatic carbocycles. The van der Waals surface area contributed by atoms with Crippen LogP contribution in [0, 0.1) is 5.41 Å². The molecule has 0 aromatic heterocycles. The van der Waals surface area contributed by atoms with E-state index in [4.69, 9.17) is 9.84 Å². The normalized spacial score (nSPS) is 21.2. The third kappa shape index (κ3) is 5.04. The zero-order chi connectivity index (χ0) is 14.5. The van der Waals surface area contributed by atoms with Crippen molar-refractivity contribution in [2.75, 3.05) is 26.3 Å². The Morgan fingerprint density at radius 1 is 1.32 bits per heavy atom. The molecule has 1 heterocycles. The van der Waals surface area contributed by atoms with E-state index in [0.29, 0.717) is 19.8 Å². The summed E-state index contributed by atoms with van der Waals surface area (Å²) in [6.45, 7) is 4.74. The van der Waals surface area contributed by atoms with Gasteiger partial charge in [0.1, 0.15) is 0 Å². The Morgan fingerprint density at radius 3 is 2.42 bits per heavy atom. The fourth-order valence-electron chi connectivity index (χ4n) is 1.73. The molecule has 1 fully saturated rings. The van der Waals surface area contributed by atoms with E-state index in [-0.39, 0.29) is 12.0 Å². The molecule has 4 N–H and O–H groups in total. The maximum atomic E-state index is 11.5. The molecule has 1 saturated heterocycles. The van der Waals surface area contributed by atoms with Crippen LogP contribution in [0.2, 0.25) is 0 Å². The topological polar surface area (TPSA) is 108 Å². The lowest BCUT2D eigenvalue weighted by Crippen LogP contribution is -2.50. The van der Waals surface area contributed by atoms with Crippen molar-refractivity contribution in [3.8, 4) is 0 Å². The lowest BCUT2D eigenvalue weighted by Gasteiger charge is -2.33. The second-order valence-electron chi connectivity index (χ2n) is 5.54. The average Bonchev–Trinajstić information content (AvgIpc) is 2.35. The van der Waals surface area contributed by atoms with Gasteiger partial charge in [0.05, 0.1) is 6.54 Å². The van der Waals surface area contributed by atoms with Gasteiger partial charge >= 0.3 is 12.0 Å². The minimum absolute atomic E-state index is 0.00487. The number of hydrogen-bond donors (Lipinski definition) is 4. The van der Waals surface area contributed by atoms with Crippen LogP contribution in [-0.4, -0.2) is 54.1 Å². The van der Waals surface area contributed by atoms with Crippen molar-refractivity contribution < 1.29 is 24.5 Å². The Bertz CT molecular complexity index is 337. The Hall–Kier alpha value is -1.34. The van der Waals surface area contributed by atoms with Crippen LogP contribution in [0.4, 0.5) is 4.79 Å². The number of carboxylic acid groups (broad SMARTS) is 1. The molecular weight excluding hydrogens is 252 g/mol. The summed E-state index contributed by atoms with van der Waals surface area (Å²) >= 11 is 0. The number of rotatable bonds is 5. The first-order chi connectivity index (χ1) is 8.75. The molecule has 0 radical (unpaired) electrons. The molecule has 19 heavy (non-hydrogen) atoms. The number of carbonyl (C=O) groups is 2. The van der Waals surface area contributed by atoms with Crippen LogP contribution in [0.15, 0.2) is 0 Å². The summed E-state index contributed by atoms with van der Waals surface area (Å²) in [5.74, 6) is -1.37. The minimum atomic E-state index is -1.96. The Balaban J connectivity index is 2.30. The van der Waals surface area contributed by atoms with Crippen molar-refractivity contribution in [3.05, 3.63) is 0 Å². The van der Waals surface area contributed by atoms with Crippen LogP contribution in [0.5, 0.6) is 0 Å². The van der Waals surface area contributed by atoms with E-state index in [9.17, 15) is 14.7 Å². The standard InChI is InChI=1S/C12H22N2O5/c1-11(3-5-19-6-4-11)7-13-10(17)14-8-12(2,18)9(15)16/h18H,3-8H2,1-2H3,(H,15,16)(H2,13,14,17). The molecule has 1 aliphatic heterocycles. The SMILES string of the molecule is CC1(CNC(=O)NCC(C)(O)C(=O)O)CCOCC1. The van der Waals surface area contributed by atoms with E-state index < -0.39 is 17.6 Å². The molecule has 0 spiro atoms. The number of carboxylic acids is 1. The number of hydrogen-bond acceptors (Lipinski definition) is 4. The van der Waals surface area contributed by atoms with E-state index in [2.05, 4.69) is 17.6 Å². The third-order valence-electron chi connectivity index (χ3n) is 3.43. The summed E-state index contributed by atoms with van der Waals surface area (Å²) in [5, 5.41) is 23.2. The van der Waals surface area contributed by atoms with Gasteiger partial charge in [0.2, 0.25) is 0 Å². The number of carbonyl (C=O) groups excluding carboxylic acids is 1. The van der Waals surface area contributed by atoms with Gasteiger partial charge in [-0.15, -0.1) is 0 Å². The van der Waals surface area contributed by atoms with E-state index in [1.807, 2.05) is 0 Å². The summed E-state index contributed by atoms with van der Waals surface area (Å²) in [7, 11) is 0. The van der Waals surface area contributed by atoms with Crippen LogP contribution in [0.3, 0.4) is 0 Å². The number of ether oxygens (including phenoxy) is 1. The number of amides is 2. The van der Waals surface area contributed by atoms with Gasteiger partial charge in [-0.1, -0.05) is 6.92 Å². The Labute approximate surface area is 112 Å². The van der Waals surface area contributed by atoms with Crippen LogP contribution < -0.4 is 10.6 Å². The maximum Gasteiger partial charge on any atom is 0.337 e. The smallest absolute Gasteiger partial charge is 0.337 e. The van der Waals surface area contributed by atoms with Gasteiger partial charge in [-0.05, 0) is 25.2 Å². The largest absolute Gasteiger partial charge is 0.479 e. The Kier molecular flexibility index (Phi) is 5.13. The summed E-state index contributed by atoms with van der Waals surface area (Å²) in [4.78, 5) is 22.2. The second-order valence-corrected chi connectivity index (χ2v) is 5.54. The van der Waals surface area contributed by atoms with Gasteiger partial charge in [0, 0.05) is 19.8 Å². The minimum Gasteiger partial charge on any atom is -0.479 e. The van der Waals surface area contributed by atoms with Crippen molar-refractivity contribution in [1.82, 2.24) is 10.6 Å². The summed E-state index contributed by atoms with van der Waals surface area (Å²) in [6, 6.07) is -0.478. The number of aliphatic carboxylic acids is 1. The molecule has 0 bridgehead atoms. The molecule has 1 atom stereocenters. The van der Waals surface area contributed by atoms with Gasteiger partial charge in [-0.3, -0.25) is 0 Å². The van der Waals surface area contributed by atoms with Gasteiger partial charge in [0.15, 0.2) is 5.60 Å². The van der Waals surface area contributed by atoms with Crippen LogP contribution in [0.1, 0.15) is 26.7 Å². The predicted octanol–water partition coefficient (Wildman–Crippen LogP) is -0.0621.